The van der Waals surface area contributed by atoms with Gasteiger partial charge in [-0.2, -0.15) is 0 Å². The first-order chi connectivity index (χ1) is 11.4. The van der Waals surface area contributed by atoms with Crippen molar-refractivity contribution in [2.24, 2.45) is 0 Å². The molecule has 2 aromatic rings. The third-order valence-electron chi connectivity index (χ3n) is 3.17. The second kappa shape index (κ2) is 8.02. The van der Waals surface area contributed by atoms with E-state index in [2.05, 4.69) is 20.2 Å². The lowest BCUT2D eigenvalue weighted by Crippen LogP contribution is -2.15. The Hall–Kier alpha value is -2.26. The Balaban J connectivity index is 2.03. The maximum absolute atomic E-state index is 13.3. The van der Waals surface area contributed by atoms with Gasteiger partial charge >= 0.3 is 0 Å². The van der Waals surface area contributed by atoms with Crippen LogP contribution in [0.25, 0.3) is 0 Å². The van der Waals surface area contributed by atoms with E-state index in [1.165, 1.54) is 25.1 Å². The molecule has 0 spiro atoms. The molecule has 0 amide bonds. The average Bonchev–Trinajstić information content (AvgIpc) is 2.55. The fourth-order valence-corrected chi connectivity index (χ4v) is 2.98. The Kier molecular flexibility index (Phi) is 6.04. The molecule has 130 valence electrons. The SMILES string of the molecule is COCCCNc1ccc(NS(=O)(=O)c2ccc(F)c(C)c2)nn1. The number of rotatable bonds is 8. The summed E-state index contributed by atoms with van der Waals surface area (Å²) in [5.41, 5.74) is 0.250. The highest BCUT2D eigenvalue weighted by Gasteiger charge is 2.16. The summed E-state index contributed by atoms with van der Waals surface area (Å²) < 4.78 is 45.0. The molecule has 0 fully saturated rings. The molecule has 0 aliphatic rings. The molecule has 1 aromatic heterocycles. The van der Waals surface area contributed by atoms with Crippen LogP contribution in [0.15, 0.2) is 35.2 Å². The molecule has 0 aliphatic heterocycles. The highest BCUT2D eigenvalue weighted by atomic mass is 32.2. The number of halogens is 1. The van der Waals surface area contributed by atoms with E-state index in [0.717, 1.165) is 12.5 Å². The number of aromatic nitrogens is 2. The standard InChI is InChI=1S/C15H19FN4O3S/c1-11-10-12(4-5-13(11)16)24(21,22)20-15-7-6-14(18-19-15)17-8-3-9-23-2/h4-7,10H,3,8-9H2,1-2H3,(H,17,18)(H,19,20). The number of methoxy groups -OCH3 is 1. The summed E-state index contributed by atoms with van der Waals surface area (Å²) in [4.78, 5) is -0.0371. The summed E-state index contributed by atoms with van der Waals surface area (Å²) in [5, 5.41) is 10.8. The van der Waals surface area contributed by atoms with Gasteiger partial charge in [-0.15, -0.1) is 10.2 Å². The maximum Gasteiger partial charge on any atom is 0.263 e. The van der Waals surface area contributed by atoms with Crippen molar-refractivity contribution in [2.45, 2.75) is 18.2 Å². The van der Waals surface area contributed by atoms with Crippen LogP contribution in [0.5, 0.6) is 0 Å². The molecule has 0 atom stereocenters. The van der Waals surface area contributed by atoms with Crippen molar-refractivity contribution in [3.05, 3.63) is 41.7 Å². The number of hydrogen-bond acceptors (Lipinski definition) is 6. The van der Waals surface area contributed by atoms with E-state index >= 15 is 0 Å². The molecule has 0 aliphatic carbocycles. The Morgan fingerprint density at radius 1 is 1.17 bits per heavy atom. The van der Waals surface area contributed by atoms with Gasteiger partial charge in [0, 0.05) is 20.3 Å². The van der Waals surface area contributed by atoms with Crippen LogP contribution in [0.1, 0.15) is 12.0 Å². The molecule has 0 radical (unpaired) electrons. The predicted molar refractivity (Wildman–Crippen MR) is 89.0 cm³/mol. The number of aryl methyl sites for hydroxylation is 1. The first kappa shape index (κ1) is 18.1. The van der Waals surface area contributed by atoms with Gasteiger partial charge in [0.25, 0.3) is 10.0 Å². The Bertz CT molecular complexity index is 782. The summed E-state index contributed by atoms with van der Waals surface area (Å²) in [7, 11) is -2.22. The van der Waals surface area contributed by atoms with Crippen molar-refractivity contribution in [1.82, 2.24) is 10.2 Å². The van der Waals surface area contributed by atoms with Gasteiger partial charge in [0.2, 0.25) is 0 Å². The highest BCUT2D eigenvalue weighted by molar-refractivity contribution is 7.92. The lowest BCUT2D eigenvalue weighted by atomic mass is 10.2. The second-order valence-corrected chi connectivity index (χ2v) is 6.78. The fraction of sp³-hybridized carbons (Fsp3) is 0.333. The molecule has 7 nitrogen and oxygen atoms in total. The van der Waals surface area contributed by atoms with Gasteiger partial charge in [-0.3, -0.25) is 4.72 Å². The van der Waals surface area contributed by atoms with Gasteiger partial charge < -0.3 is 10.1 Å². The lowest BCUT2D eigenvalue weighted by Gasteiger charge is -2.09. The monoisotopic (exact) mass is 354 g/mol. The first-order valence-corrected chi connectivity index (χ1v) is 8.76. The summed E-state index contributed by atoms with van der Waals surface area (Å²) in [5.74, 6) is 0.156. The Labute approximate surface area is 140 Å². The van der Waals surface area contributed by atoms with Gasteiger partial charge in [-0.05, 0) is 49.2 Å². The van der Waals surface area contributed by atoms with E-state index < -0.39 is 15.8 Å². The van der Waals surface area contributed by atoms with Crippen molar-refractivity contribution in [3.63, 3.8) is 0 Å². The molecular formula is C15H19FN4O3S. The molecular weight excluding hydrogens is 335 g/mol. The average molecular weight is 354 g/mol. The second-order valence-electron chi connectivity index (χ2n) is 5.09. The Morgan fingerprint density at radius 2 is 1.88 bits per heavy atom. The van der Waals surface area contributed by atoms with Crippen molar-refractivity contribution in [3.8, 4) is 0 Å². The molecule has 0 bridgehead atoms. The van der Waals surface area contributed by atoms with E-state index in [9.17, 15) is 12.8 Å². The van der Waals surface area contributed by atoms with Crippen molar-refractivity contribution >= 4 is 21.7 Å². The zero-order valence-electron chi connectivity index (χ0n) is 13.4. The van der Waals surface area contributed by atoms with Gasteiger partial charge in [0.15, 0.2) is 5.82 Å². The van der Waals surface area contributed by atoms with E-state index in [1.54, 1.807) is 13.2 Å². The van der Waals surface area contributed by atoms with Gasteiger partial charge in [0.05, 0.1) is 4.90 Å². The first-order valence-electron chi connectivity index (χ1n) is 7.28. The quantitative estimate of drug-likeness (QED) is 0.706. The van der Waals surface area contributed by atoms with Gasteiger partial charge in [-0.1, -0.05) is 0 Å². The minimum absolute atomic E-state index is 0.0371. The zero-order chi connectivity index (χ0) is 17.6. The van der Waals surface area contributed by atoms with Crippen LogP contribution >= 0.6 is 0 Å². The number of hydrogen-bond donors (Lipinski definition) is 2. The molecule has 1 heterocycles. The number of nitrogens with one attached hydrogen (secondary N) is 2. The fourth-order valence-electron chi connectivity index (χ4n) is 1.89. The number of ether oxygens (including phenoxy) is 1. The van der Waals surface area contributed by atoms with Crippen molar-refractivity contribution < 1.29 is 17.5 Å². The van der Waals surface area contributed by atoms with Crippen LogP contribution in [0.3, 0.4) is 0 Å². The normalized spacial score (nSPS) is 11.3. The van der Waals surface area contributed by atoms with Gasteiger partial charge in [0.1, 0.15) is 11.6 Å². The minimum Gasteiger partial charge on any atom is -0.385 e. The minimum atomic E-state index is -3.85. The molecule has 2 rings (SSSR count). The predicted octanol–water partition coefficient (Wildman–Crippen LogP) is 2.17. The molecule has 24 heavy (non-hydrogen) atoms. The highest BCUT2D eigenvalue weighted by Crippen LogP contribution is 2.17. The van der Waals surface area contributed by atoms with Crippen LogP contribution in [0.4, 0.5) is 16.0 Å². The van der Waals surface area contributed by atoms with Crippen LogP contribution in [-0.2, 0) is 14.8 Å². The van der Waals surface area contributed by atoms with E-state index in [-0.39, 0.29) is 16.3 Å². The summed E-state index contributed by atoms with van der Waals surface area (Å²) in [6.45, 7) is 2.80. The van der Waals surface area contributed by atoms with E-state index in [4.69, 9.17) is 4.74 Å². The van der Waals surface area contributed by atoms with E-state index in [0.29, 0.717) is 19.0 Å². The number of benzene rings is 1. The van der Waals surface area contributed by atoms with Crippen LogP contribution in [-0.4, -0.2) is 38.9 Å². The van der Waals surface area contributed by atoms with E-state index in [1.807, 2.05) is 0 Å². The van der Waals surface area contributed by atoms with Crippen molar-refractivity contribution in [1.29, 1.82) is 0 Å². The van der Waals surface area contributed by atoms with Crippen LogP contribution < -0.4 is 10.0 Å². The smallest absolute Gasteiger partial charge is 0.263 e. The van der Waals surface area contributed by atoms with Gasteiger partial charge in [-0.25, -0.2) is 12.8 Å². The molecule has 9 heteroatoms. The molecule has 2 N–H and O–H groups in total. The lowest BCUT2D eigenvalue weighted by molar-refractivity contribution is 0.197. The third kappa shape index (κ3) is 4.87. The third-order valence-corrected chi connectivity index (χ3v) is 4.53. The molecule has 1 aromatic carbocycles. The largest absolute Gasteiger partial charge is 0.385 e. The summed E-state index contributed by atoms with van der Waals surface area (Å²) in [6, 6.07) is 6.69. The number of anilines is 2. The topological polar surface area (TPSA) is 93.2 Å². The number of nitrogens with zero attached hydrogens (tertiary/aromatic N) is 2. The maximum atomic E-state index is 13.3. The molecule has 0 saturated heterocycles. The van der Waals surface area contributed by atoms with Crippen molar-refractivity contribution in [2.75, 3.05) is 30.3 Å². The van der Waals surface area contributed by atoms with Crippen LogP contribution in [0.2, 0.25) is 0 Å². The summed E-state index contributed by atoms with van der Waals surface area (Å²) in [6.07, 6.45) is 0.816. The number of sulfonamides is 1. The Morgan fingerprint density at radius 3 is 2.50 bits per heavy atom. The zero-order valence-corrected chi connectivity index (χ0v) is 14.2. The summed E-state index contributed by atoms with van der Waals surface area (Å²) >= 11 is 0. The van der Waals surface area contributed by atoms with Crippen LogP contribution in [0, 0.1) is 12.7 Å². The molecule has 0 unspecified atom stereocenters. The molecule has 0 saturated carbocycles.